The number of nitrogen functional groups attached to an aromatic ring is 1. The van der Waals surface area contributed by atoms with Crippen LogP contribution in [0.5, 0.6) is 0 Å². The summed E-state index contributed by atoms with van der Waals surface area (Å²) in [4.78, 5) is 13.1. The minimum atomic E-state index is -0.522. The van der Waals surface area contributed by atoms with Crippen molar-refractivity contribution < 1.29 is 9.18 Å². The molecule has 0 aliphatic heterocycles. The third kappa shape index (κ3) is 2.59. The van der Waals surface area contributed by atoms with Gasteiger partial charge in [0.15, 0.2) is 0 Å². The third-order valence-electron chi connectivity index (χ3n) is 2.80. The van der Waals surface area contributed by atoms with Crippen LogP contribution < -0.4 is 11.1 Å². The molecule has 0 aliphatic rings. The molecular formula is C13H8BrFN4OS. The number of halogens is 2. The number of fused-ring (bicyclic) bond motifs is 1. The minimum Gasteiger partial charge on any atom is -0.397 e. The van der Waals surface area contributed by atoms with Crippen molar-refractivity contribution in [2.45, 2.75) is 0 Å². The highest BCUT2D eigenvalue weighted by Gasteiger charge is 2.18. The lowest BCUT2D eigenvalue weighted by Gasteiger charge is -2.06. The number of anilines is 2. The van der Waals surface area contributed by atoms with E-state index in [1.165, 1.54) is 18.3 Å². The molecule has 1 aromatic carbocycles. The van der Waals surface area contributed by atoms with Gasteiger partial charge in [-0.2, -0.15) is 5.10 Å². The summed E-state index contributed by atoms with van der Waals surface area (Å²) in [6.07, 6.45) is 1.50. The summed E-state index contributed by atoms with van der Waals surface area (Å²) < 4.78 is 14.3. The maximum absolute atomic E-state index is 13.7. The Kier molecular flexibility index (Phi) is 3.56. The fourth-order valence-electron chi connectivity index (χ4n) is 1.81. The molecule has 0 saturated heterocycles. The molecule has 0 atom stereocenters. The Labute approximate surface area is 131 Å². The second kappa shape index (κ2) is 5.38. The van der Waals surface area contributed by atoms with Gasteiger partial charge in [-0.1, -0.05) is 15.9 Å². The van der Waals surface area contributed by atoms with Gasteiger partial charge in [0.25, 0.3) is 5.91 Å². The number of nitrogens with one attached hydrogen (secondary N) is 1. The van der Waals surface area contributed by atoms with Gasteiger partial charge >= 0.3 is 0 Å². The molecule has 0 unspecified atom stereocenters. The normalized spacial score (nSPS) is 10.8. The Balaban J connectivity index is 1.97. The van der Waals surface area contributed by atoms with E-state index in [0.29, 0.717) is 20.4 Å². The molecular weight excluding hydrogens is 359 g/mol. The highest BCUT2D eigenvalue weighted by molar-refractivity contribution is 9.10. The van der Waals surface area contributed by atoms with E-state index in [1.54, 1.807) is 12.1 Å². The van der Waals surface area contributed by atoms with E-state index in [0.717, 1.165) is 11.3 Å². The van der Waals surface area contributed by atoms with Crippen molar-refractivity contribution in [2.24, 2.45) is 0 Å². The zero-order valence-corrected chi connectivity index (χ0v) is 12.8. The molecule has 3 rings (SSSR count). The summed E-state index contributed by atoms with van der Waals surface area (Å²) in [5.74, 6) is -1.00. The van der Waals surface area contributed by atoms with Gasteiger partial charge in [-0.3, -0.25) is 4.79 Å². The van der Waals surface area contributed by atoms with Gasteiger partial charge in [-0.25, -0.2) is 4.39 Å². The number of carbonyl (C=O) groups is 1. The predicted molar refractivity (Wildman–Crippen MR) is 83.9 cm³/mol. The van der Waals surface area contributed by atoms with Crippen LogP contribution in [0.1, 0.15) is 9.67 Å². The van der Waals surface area contributed by atoms with Crippen molar-refractivity contribution in [1.29, 1.82) is 0 Å². The molecule has 0 bridgehead atoms. The lowest BCUT2D eigenvalue weighted by atomic mass is 10.2. The van der Waals surface area contributed by atoms with Gasteiger partial charge in [0.2, 0.25) is 0 Å². The number of hydrogen-bond acceptors (Lipinski definition) is 5. The van der Waals surface area contributed by atoms with Gasteiger partial charge in [0.1, 0.15) is 15.5 Å². The first-order valence-electron chi connectivity index (χ1n) is 5.82. The van der Waals surface area contributed by atoms with Gasteiger partial charge < -0.3 is 11.1 Å². The fourth-order valence-corrected chi connectivity index (χ4v) is 3.11. The van der Waals surface area contributed by atoms with Crippen LogP contribution in [0, 0.1) is 5.82 Å². The van der Waals surface area contributed by atoms with Crippen LogP contribution in [0.3, 0.4) is 0 Å². The van der Waals surface area contributed by atoms with Crippen molar-refractivity contribution in [3.63, 3.8) is 0 Å². The number of aromatic nitrogens is 2. The molecule has 21 heavy (non-hydrogen) atoms. The van der Waals surface area contributed by atoms with E-state index in [9.17, 15) is 9.18 Å². The van der Waals surface area contributed by atoms with Crippen LogP contribution in [0.25, 0.3) is 10.2 Å². The van der Waals surface area contributed by atoms with E-state index in [4.69, 9.17) is 5.73 Å². The van der Waals surface area contributed by atoms with E-state index >= 15 is 0 Å². The zero-order valence-electron chi connectivity index (χ0n) is 10.4. The van der Waals surface area contributed by atoms with Crippen LogP contribution in [0.15, 0.2) is 34.9 Å². The average Bonchev–Trinajstić information content (AvgIpc) is 2.81. The maximum atomic E-state index is 13.7. The van der Waals surface area contributed by atoms with Gasteiger partial charge in [-0.05, 0) is 24.3 Å². The Morgan fingerprint density at radius 3 is 2.95 bits per heavy atom. The molecule has 0 saturated carbocycles. The maximum Gasteiger partial charge on any atom is 0.268 e. The van der Waals surface area contributed by atoms with Crippen molar-refractivity contribution in [3.8, 4) is 0 Å². The Morgan fingerprint density at radius 1 is 1.38 bits per heavy atom. The lowest BCUT2D eigenvalue weighted by molar-refractivity contribution is 0.103. The van der Waals surface area contributed by atoms with E-state index in [2.05, 4.69) is 31.4 Å². The number of amides is 1. The first kappa shape index (κ1) is 13.9. The van der Waals surface area contributed by atoms with Crippen molar-refractivity contribution in [3.05, 3.63) is 45.6 Å². The van der Waals surface area contributed by atoms with Crippen LogP contribution in [-0.2, 0) is 0 Å². The van der Waals surface area contributed by atoms with Crippen molar-refractivity contribution in [2.75, 3.05) is 11.1 Å². The number of rotatable bonds is 2. The standard InChI is InChI=1S/C13H8BrFN4OS/c14-6-1-2-8(15)9(5-6)18-12(20)11-10(16)7-3-4-17-19-13(7)21-11/h1-5H,16H2,(H,18,20). The molecule has 0 radical (unpaired) electrons. The smallest absolute Gasteiger partial charge is 0.268 e. The molecule has 0 fully saturated rings. The van der Waals surface area contributed by atoms with Crippen LogP contribution in [-0.4, -0.2) is 16.1 Å². The molecule has 2 aromatic heterocycles. The SMILES string of the molecule is Nc1c(C(=O)Nc2cc(Br)ccc2F)sc2nnccc12. The Morgan fingerprint density at radius 2 is 2.19 bits per heavy atom. The molecule has 0 aliphatic carbocycles. The van der Waals surface area contributed by atoms with E-state index in [1.807, 2.05) is 0 Å². The van der Waals surface area contributed by atoms with Crippen molar-refractivity contribution >= 4 is 54.8 Å². The molecule has 1 amide bonds. The van der Waals surface area contributed by atoms with Gasteiger partial charge in [-0.15, -0.1) is 16.4 Å². The highest BCUT2D eigenvalue weighted by Crippen LogP contribution is 2.32. The number of nitrogens with two attached hydrogens (primary N) is 1. The van der Waals surface area contributed by atoms with Crippen LogP contribution in [0.2, 0.25) is 0 Å². The van der Waals surface area contributed by atoms with Crippen LogP contribution >= 0.6 is 27.3 Å². The summed E-state index contributed by atoms with van der Waals surface area (Å²) in [5.41, 5.74) is 6.34. The van der Waals surface area contributed by atoms with Crippen LogP contribution in [0.4, 0.5) is 15.8 Å². The summed E-state index contributed by atoms with van der Waals surface area (Å²) in [6, 6.07) is 5.98. The number of benzene rings is 1. The minimum absolute atomic E-state index is 0.0808. The third-order valence-corrected chi connectivity index (χ3v) is 4.40. The largest absolute Gasteiger partial charge is 0.397 e. The second-order valence-corrected chi connectivity index (χ2v) is 6.09. The molecule has 106 valence electrons. The van der Waals surface area contributed by atoms with E-state index < -0.39 is 11.7 Å². The average molecular weight is 367 g/mol. The highest BCUT2D eigenvalue weighted by atomic mass is 79.9. The first-order valence-corrected chi connectivity index (χ1v) is 7.43. The summed E-state index contributed by atoms with van der Waals surface area (Å²) >= 11 is 4.34. The summed E-state index contributed by atoms with van der Waals surface area (Å²) in [6.45, 7) is 0. The Bertz CT molecular complexity index is 851. The number of hydrogen-bond donors (Lipinski definition) is 2. The first-order chi connectivity index (χ1) is 10.1. The van der Waals surface area contributed by atoms with E-state index in [-0.39, 0.29) is 10.6 Å². The molecule has 2 heterocycles. The lowest BCUT2D eigenvalue weighted by Crippen LogP contribution is -2.13. The zero-order chi connectivity index (χ0) is 15.0. The fraction of sp³-hybridized carbons (Fsp3) is 0. The molecule has 3 N–H and O–H groups in total. The molecule has 8 heteroatoms. The van der Waals surface area contributed by atoms with Crippen molar-refractivity contribution in [1.82, 2.24) is 10.2 Å². The Hall–Kier alpha value is -2.06. The van der Waals surface area contributed by atoms with Gasteiger partial charge in [0.05, 0.1) is 17.6 Å². The number of carbonyl (C=O) groups excluding carboxylic acids is 1. The summed E-state index contributed by atoms with van der Waals surface area (Å²) in [5, 5.41) is 10.8. The molecule has 0 spiro atoms. The number of thiophene rings is 1. The van der Waals surface area contributed by atoms with Gasteiger partial charge in [0, 0.05) is 9.86 Å². The molecule has 5 nitrogen and oxygen atoms in total. The topological polar surface area (TPSA) is 80.9 Å². The molecule has 3 aromatic rings. The quantitative estimate of drug-likeness (QED) is 0.727. The number of nitrogens with zero attached hydrogens (tertiary/aromatic N) is 2. The monoisotopic (exact) mass is 366 g/mol. The second-order valence-electron chi connectivity index (χ2n) is 4.17. The predicted octanol–water partition coefficient (Wildman–Crippen LogP) is 3.43. The summed E-state index contributed by atoms with van der Waals surface area (Å²) in [7, 11) is 0.